The Morgan fingerprint density at radius 3 is 2.40 bits per heavy atom. The van der Waals surface area contributed by atoms with Gasteiger partial charge in [0.25, 0.3) is 0 Å². The molecule has 0 radical (unpaired) electrons. The predicted molar refractivity (Wildman–Crippen MR) is 103 cm³/mol. The molecule has 0 spiro atoms. The molecule has 1 aromatic heterocycles. The highest BCUT2D eigenvalue weighted by Crippen LogP contribution is 2.21. The quantitative estimate of drug-likeness (QED) is 0.625. The number of nitrogens with zero attached hydrogens (tertiary/aromatic N) is 1. The molecule has 0 aliphatic heterocycles. The van der Waals surface area contributed by atoms with Crippen molar-refractivity contribution < 1.29 is 4.42 Å². The maximum Gasteiger partial charge on any atom is 0.336 e. The van der Waals surface area contributed by atoms with Crippen LogP contribution >= 0.6 is 0 Å². The van der Waals surface area contributed by atoms with Crippen LogP contribution in [0, 0.1) is 6.92 Å². The fourth-order valence-electron chi connectivity index (χ4n) is 3.14. The van der Waals surface area contributed by atoms with Crippen LogP contribution in [0.4, 0.5) is 0 Å². The molecule has 25 heavy (non-hydrogen) atoms. The van der Waals surface area contributed by atoms with Crippen LogP contribution in [0.15, 0.2) is 57.7 Å². The van der Waals surface area contributed by atoms with Crippen molar-refractivity contribution in [1.29, 1.82) is 0 Å². The molecule has 1 heterocycles. The summed E-state index contributed by atoms with van der Waals surface area (Å²) in [6.45, 7) is 8.00. The number of benzene rings is 2. The molecule has 3 nitrogen and oxygen atoms in total. The van der Waals surface area contributed by atoms with E-state index in [1.807, 2.05) is 19.1 Å². The van der Waals surface area contributed by atoms with Crippen molar-refractivity contribution in [3.05, 3.63) is 81.2 Å². The molecule has 0 fully saturated rings. The largest absolute Gasteiger partial charge is 0.423 e. The van der Waals surface area contributed by atoms with E-state index in [4.69, 9.17) is 4.42 Å². The molecule has 3 heteroatoms. The van der Waals surface area contributed by atoms with E-state index in [1.165, 1.54) is 11.1 Å². The molecule has 0 amide bonds. The Bertz CT molecular complexity index is 923. The molecule has 3 aromatic rings. The van der Waals surface area contributed by atoms with Crippen LogP contribution in [0.5, 0.6) is 0 Å². The van der Waals surface area contributed by atoms with Crippen molar-refractivity contribution in [1.82, 2.24) is 4.90 Å². The predicted octanol–water partition coefficient (Wildman–Crippen LogP) is 4.86. The van der Waals surface area contributed by atoms with Crippen molar-refractivity contribution in [2.24, 2.45) is 0 Å². The van der Waals surface area contributed by atoms with Crippen LogP contribution in [0.2, 0.25) is 0 Å². The van der Waals surface area contributed by atoms with Gasteiger partial charge in [0.05, 0.1) is 0 Å². The van der Waals surface area contributed by atoms with Gasteiger partial charge in [0, 0.05) is 24.5 Å². The van der Waals surface area contributed by atoms with Gasteiger partial charge in [-0.1, -0.05) is 49.7 Å². The molecule has 0 saturated heterocycles. The second kappa shape index (κ2) is 7.24. The van der Waals surface area contributed by atoms with Crippen molar-refractivity contribution in [3.8, 4) is 0 Å². The van der Waals surface area contributed by atoms with E-state index >= 15 is 0 Å². The highest BCUT2D eigenvalue weighted by molar-refractivity contribution is 5.80. The second-order valence-corrected chi connectivity index (χ2v) is 7.16. The molecule has 0 aliphatic rings. The maximum atomic E-state index is 11.8. The maximum absolute atomic E-state index is 11.8. The molecule has 0 saturated carbocycles. The fourth-order valence-corrected chi connectivity index (χ4v) is 3.14. The minimum Gasteiger partial charge on any atom is -0.423 e. The first-order chi connectivity index (χ1) is 11.9. The number of hydrogen-bond donors (Lipinski definition) is 0. The van der Waals surface area contributed by atoms with E-state index < -0.39 is 0 Å². The summed E-state index contributed by atoms with van der Waals surface area (Å²) in [7, 11) is 2.08. The second-order valence-electron chi connectivity index (χ2n) is 7.16. The summed E-state index contributed by atoms with van der Waals surface area (Å²) < 4.78 is 5.32. The van der Waals surface area contributed by atoms with Crippen molar-refractivity contribution >= 4 is 11.0 Å². The first-order valence-corrected chi connectivity index (χ1v) is 8.73. The highest BCUT2D eigenvalue weighted by atomic mass is 16.4. The van der Waals surface area contributed by atoms with E-state index in [-0.39, 0.29) is 5.63 Å². The third kappa shape index (κ3) is 4.18. The van der Waals surface area contributed by atoms with Crippen LogP contribution in [-0.2, 0) is 13.1 Å². The molecule has 0 aliphatic carbocycles. The lowest BCUT2D eigenvalue weighted by Crippen LogP contribution is -2.18. The Morgan fingerprint density at radius 1 is 1.00 bits per heavy atom. The van der Waals surface area contributed by atoms with Gasteiger partial charge in [0.2, 0.25) is 0 Å². The van der Waals surface area contributed by atoms with Crippen molar-refractivity contribution in [2.45, 2.75) is 39.8 Å². The Morgan fingerprint density at radius 2 is 1.72 bits per heavy atom. The minimum atomic E-state index is -0.291. The van der Waals surface area contributed by atoms with Crippen LogP contribution in [0.1, 0.15) is 42.0 Å². The Labute approximate surface area is 148 Å². The molecule has 2 aromatic carbocycles. The summed E-state index contributed by atoms with van der Waals surface area (Å²) in [4.78, 5) is 14.1. The molecular weight excluding hydrogens is 310 g/mol. The topological polar surface area (TPSA) is 33.5 Å². The number of aryl methyl sites for hydroxylation is 1. The van der Waals surface area contributed by atoms with Crippen LogP contribution in [0.25, 0.3) is 11.0 Å². The van der Waals surface area contributed by atoms with Gasteiger partial charge in [-0.05, 0) is 48.7 Å². The van der Waals surface area contributed by atoms with Crippen molar-refractivity contribution in [2.75, 3.05) is 7.05 Å². The first-order valence-electron chi connectivity index (χ1n) is 8.73. The summed E-state index contributed by atoms with van der Waals surface area (Å²) in [5.41, 5.74) is 5.17. The molecular formula is C22H25NO2. The number of hydrogen-bond acceptors (Lipinski definition) is 3. The molecule has 3 rings (SSSR count). The summed E-state index contributed by atoms with van der Waals surface area (Å²) in [6, 6.07) is 16.3. The standard InChI is InChI=1S/C22H25NO2/c1-15(2)18-8-6-17(7-9-18)13-23(4)14-19-12-22(24)25-21-10-5-16(3)11-20(19)21/h5-12,15H,13-14H2,1-4H3. The summed E-state index contributed by atoms with van der Waals surface area (Å²) >= 11 is 0. The van der Waals surface area contributed by atoms with Gasteiger partial charge in [0.1, 0.15) is 5.58 Å². The minimum absolute atomic E-state index is 0.291. The fraction of sp³-hybridized carbons (Fsp3) is 0.318. The molecule has 0 N–H and O–H groups in total. The van der Waals surface area contributed by atoms with E-state index in [9.17, 15) is 4.79 Å². The Hall–Kier alpha value is -2.39. The highest BCUT2D eigenvalue weighted by Gasteiger charge is 2.09. The van der Waals surface area contributed by atoms with Gasteiger partial charge in [-0.2, -0.15) is 0 Å². The lowest BCUT2D eigenvalue weighted by Gasteiger charge is -2.18. The van der Waals surface area contributed by atoms with E-state index in [1.54, 1.807) is 6.07 Å². The third-order valence-corrected chi connectivity index (χ3v) is 4.52. The van der Waals surface area contributed by atoms with Gasteiger partial charge in [-0.3, -0.25) is 4.90 Å². The Kier molecular flexibility index (Phi) is 5.05. The smallest absolute Gasteiger partial charge is 0.336 e. The number of rotatable bonds is 5. The van der Waals surface area contributed by atoms with Crippen LogP contribution in [0.3, 0.4) is 0 Å². The van der Waals surface area contributed by atoms with E-state index in [0.29, 0.717) is 18.0 Å². The molecule has 0 atom stereocenters. The normalized spacial score (nSPS) is 11.6. The average molecular weight is 335 g/mol. The summed E-state index contributed by atoms with van der Waals surface area (Å²) in [5.74, 6) is 0.546. The van der Waals surface area contributed by atoms with E-state index in [2.05, 4.69) is 56.1 Å². The summed E-state index contributed by atoms with van der Waals surface area (Å²) in [6.07, 6.45) is 0. The summed E-state index contributed by atoms with van der Waals surface area (Å²) in [5, 5.41) is 1.02. The van der Waals surface area contributed by atoms with Crippen molar-refractivity contribution in [3.63, 3.8) is 0 Å². The lowest BCUT2D eigenvalue weighted by atomic mass is 10.0. The van der Waals surface area contributed by atoms with Gasteiger partial charge in [-0.25, -0.2) is 4.79 Å². The molecule has 0 unspecified atom stereocenters. The monoisotopic (exact) mass is 335 g/mol. The third-order valence-electron chi connectivity index (χ3n) is 4.52. The average Bonchev–Trinajstić information content (AvgIpc) is 2.56. The number of fused-ring (bicyclic) bond motifs is 1. The van der Waals surface area contributed by atoms with Gasteiger partial charge in [-0.15, -0.1) is 0 Å². The van der Waals surface area contributed by atoms with Gasteiger partial charge in [0.15, 0.2) is 0 Å². The zero-order chi connectivity index (χ0) is 18.0. The SMILES string of the molecule is Cc1ccc2oc(=O)cc(CN(C)Cc3ccc(C(C)C)cc3)c2c1. The van der Waals surface area contributed by atoms with Crippen LogP contribution in [-0.4, -0.2) is 11.9 Å². The van der Waals surface area contributed by atoms with E-state index in [0.717, 1.165) is 23.1 Å². The van der Waals surface area contributed by atoms with Crippen LogP contribution < -0.4 is 5.63 Å². The van der Waals surface area contributed by atoms with Gasteiger partial charge < -0.3 is 4.42 Å². The lowest BCUT2D eigenvalue weighted by molar-refractivity contribution is 0.319. The Balaban J connectivity index is 1.81. The zero-order valence-electron chi connectivity index (χ0n) is 15.4. The van der Waals surface area contributed by atoms with Gasteiger partial charge >= 0.3 is 5.63 Å². The zero-order valence-corrected chi connectivity index (χ0v) is 15.4. The molecule has 0 bridgehead atoms. The first kappa shape index (κ1) is 17.4. The molecule has 130 valence electrons.